The first-order valence-electron chi connectivity index (χ1n) is 2.87. The molecule has 0 saturated heterocycles. The van der Waals surface area contributed by atoms with E-state index in [-0.39, 0.29) is 4.64 Å². The average Bonchev–Trinajstić information content (AvgIpc) is 1.83. The Balaban J connectivity index is 3.29. The molecule has 66 valence electrons. The number of aromatic nitrogens is 1. The zero-order chi connectivity index (χ0) is 9.35. The molecule has 0 aliphatic carbocycles. The number of hydrogen-bond donors (Lipinski definition) is 1. The Bertz CT molecular complexity index is 343. The summed E-state index contributed by atoms with van der Waals surface area (Å²) in [6.45, 7) is 0. The van der Waals surface area contributed by atoms with Crippen molar-refractivity contribution in [3.05, 3.63) is 26.0 Å². The predicted octanol–water partition coefficient (Wildman–Crippen LogP) is 3.37. The van der Waals surface area contributed by atoms with Crippen LogP contribution in [0, 0.1) is 8.34 Å². The third kappa shape index (κ3) is 2.19. The van der Waals surface area contributed by atoms with Crippen LogP contribution < -0.4 is 0 Å². The van der Waals surface area contributed by atoms with Gasteiger partial charge in [-0.2, -0.15) is 13.2 Å². The topological polar surface area (TPSA) is 15.8 Å². The molecule has 1 rings (SSSR count). The Labute approximate surface area is 85.1 Å². The molecule has 0 aliphatic rings. The van der Waals surface area contributed by atoms with Gasteiger partial charge in [0.15, 0.2) is 0 Å². The highest BCUT2D eigenvalue weighted by atomic mass is 127. The summed E-state index contributed by atoms with van der Waals surface area (Å²) in [5.74, 6) is 0. The monoisotopic (exact) mass is 305 g/mol. The summed E-state index contributed by atoms with van der Waals surface area (Å²) >= 11 is 6.37. The maximum atomic E-state index is 12.1. The molecule has 12 heavy (non-hydrogen) atoms. The molecular weight excluding hydrogens is 302 g/mol. The highest BCUT2D eigenvalue weighted by molar-refractivity contribution is 14.1. The van der Waals surface area contributed by atoms with Gasteiger partial charge in [-0.25, -0.2) is 0 Å². The average molecular weight is 305 g/mol. The van der Waals surface area contributed by atoms with Gasteiger partial charge >= 0.3 is 6.18 Å². The van der Waals surface area contributed by atoms with E-state index in [9.17, 15) is 13.2 Å². The van der Waals surface area contributed by atoms with Crippen molar-refractivity contribution >= 4 is 34.8 Å². The first kappa shape index (κ1) is 9.97. The minimum atomic E-state index is -4.36. The fourth-order valence-corrected chi connectivity index (χ4v) is 1.60. The lowest BCUT2D eigenvalue weighted by molar-refractivity contribution is -0.138. The van der Waals surface area contributed by atoms with Crippen LogP contribution in [0.3, 0.4) is 0 Å². The molecule has 1 nitrogen and oxygen atoms in total. The normalized spacial score (nSPS) is 11.7. The highest BCUT2D eigenvalue weighted by Gasteiger charge is 2.32. The van der Waals surface area contributed by atoms with Gasteiger partial charge < -0.3 is 4.98 Å². The molecule has 0 aliphatic heterocycles. The van der Waals surface area contributed by atoms with Crippen LogP contribution in [0.25, 0.3) is 0 Å². The fraction of sp³-hybridized carbons (Fsp3) is 0.167. The van der Waals surface area contributed by atoms with E-state index < -0.39 is 11.7 Å². The van der Waals surface area contributed by atoms with Crippen LogP contribution in [0.1, 0.15) is 5.56 Å². The third-order valence-electron chi connectivity index (χ3n) is 1.18. The maximum Gasteiger partial charge on any atom is 0.419 e. The van der Waals surface area contributed by atoms with E-state index in [1.165, 1.54) is 6.07 Å². The Morgan fingerprint density at radius 3 is 2.33 bits per heavy atom. The summed E-state index contributed by atoms with van der Waals surface area (Å²) in [5.41, 5.74) is -0.794. The molecule has 0 atom stereocenters. The summed E-state index contributed by atoms with van der Waals surface area (Å²) < 4.78 is 36.6. The minimum Gasteiger partial charge on any atom is -0.341 e. The molecule has 0 radical (unpaired) electrons. The van der Waals surface area contributed by atoms with Crippen molar-refractivity contribution in [2.75, 3.05) is 0 Å². The molecule has 0 spiro atoms. The van der Waals surface area contributed by atoms with Gasteiger partial charge in [-0.05, 0) is 34.7 Å². The van der Waals surface area contributed by atoms with Gasteiger partial charge in [0.1, 0.15) is 4.64 Å². The summed E-state index contributed by atoms with van der Waals surface area (Å²) in [5, 5.41) is 0. The Morgan fingerprint density at radius 2 is 1.92 bits per heavy atom. The molecule has 0 saturated carbocycles. The minimum absolute atomic E-state index is 0.269. The lowest BCUT2D eigenvalue weighted by atomic mass is 10.3. The molecule has 0 amide bonds. The molecule has 1 heterocycles. The number of halogens is 4. The van der Waals surface area contributed by atoms with Crippen LogP contribution in [0.5, 0.6) is 0 Å². The van der Waals surface area contributed by atoms with Crippen molar-refractivity contribution < 1.29 is 13.2 Å². The van der Waals surface area contributed by atoms with Crippen LogP contribution in [-0.4, -0.2) is 4.98 Å². The molecule has 0 bridgehead atoms. The van der Waals surface area contributed by atoms with Crippen LogP contribution in [0.15, 0.2) is 12.1 Å². The van der Waals surface area contributed by atoms with E-state index >= 15 is 0 Å². The largest absolute Gasteiger partial charge is 0.419 e. The van der Waals surface area contributed by atoms with E-state index in [0.717, 1.165) is 6.07 Å². The van der Waals surface area contributed by atoms with Gasteiger partial charge in [-0.3, -0.25) is 0 Å². The fourth-order valence-electron chi connectivity index (χ4n) is 0.673. The summed E-state index contributed by atoms with van der Waals surface area (Å²) in [7, 11) is 0. The zero-order valence-electron chi connectivity index (χ0n) is 5.57. The van der Waals surface area contributed by atoms with Gasteiger partial charge in [0.25, 0.3) is 0 Å². The molecule has 1 aromatic rings. The molecular formula is C6H3F3INS. The number of alkyl halides is 3. The quantitative estimate of drug-likeness (QED) is 0.441. The zero-order valence-corrected chi connectivity index (χ0v) is 8.55. The van der Waals surface area contributed by atoms with Crippen molar-refractivity contribution in [1.82, 2.24) is 4.98 Å². The van der Waals surface area contributed by atoms with Crippen LogP contribution in [-0.2, 0) is 6.18 Å². The predicted molar refractivity (Wildman–Crippen MR) is 49.3 cm³/mol. The van der Waals surface area contributed by atoms with E-state index in [2.05, 4.69) is 17.2 Å². The number of H-pyrrole nitrogens is 1. The van der Waals surface area contributed by atoms with Crippen molar-refractivity contribution in [3.63, 3.8) is 0 Å². The van der Waals surface area contributed by atoms with Crippen LogP contribution in [0.4, 0.5) is 13.2 Å². The number of hydrogen-bond acceptors (Lipinski definition) is 1. The van der Waals surface area contributed by atoms with E-state index in [1.54, 1.807) is 0 Å². The highest BCUT2D eigenvalue weighted by Crippen LogP contribution is 2.29. The molecule has 0 aromatic carbocycles. The van der Waals surface area contributed by atoms with Crippen LogP contribution in [0.2, 0.25) is 0 Å². The second-order valence-electron chi connectivity index (χ2n) is 2.05. The van der Waals surface area contributed by atoms with Crippen molar-refractivity contribution in [1.29, 1.82) is 0 Å². The van der Waals surface area contributed by atoms with E-state index in [4.69, 9.17) is 0 Å². The molecule has 1 N–H and O–H groups in total. The van der Waals surface area contributed by atoms with Gasteiger partial charge in [0.05, 0.1) is 9.26 Å². The standard InChI is InChI=1S/C6H3F3INS/c7-6(8,9)3-1-2-4(10)11-5(3)12/h1-2H,(H,11,12). The number of aromatic amines is 1. The third-order valence-corrected chi connectivity index (χ3v) is 2.13. The van der Waals surface area contributed by atoms with Gasteiger partial charge in [-0.15, -0.1) is 0 Å². The summed E-state index contributed by atoms with van der Waals surface area (Å²) in [6.07, 6.45) is -4.36. The Morgan fingerprint density at radius 1 is 1.33 bits per heavy atom. The van der Waals surface area contributed by atoms with Crippen LogP contribution >= 0.6 is 34.8 Å². The van der Waals surface area contributed by atoms with Crippen molar-refractivity contribution in [3.8, 4) is 0 Å². The summed E-state index contributed by atoms with van der Waals surface area (Å²) in [6, 6.07) is 2.31. The Hall–Kier alpha value is -0.110. The first-order chi connectivity index (χ1) is 5.41. The lowest BCUT2D eigenvalue weighted by Crippen LogP contribution is -2.06. The molecule has 6 heteroatoms. The summed E-state index contributed by atoms with van der Waals surface area (Å²) in [4.78, 5) is 2.43. The van der Waals surface area contributed by atoms with E-state index in [0.29, 0.717) is 3.70 Å². The second-order valence-corrected chi connectivity index (χ2v) is 3.62. The van der Waals surface area contributed by atoms with Gasteiger partial charge in [-0.1, -0.05) is 12.2 Å². The lowest BCUT2D eigenvalue weighted by Gasteiger charge is -2.05. The van der Waals surface area contributed by atoms with Crippen molar-refractivity contribution in [2.45, 2.75) is 6.18 Å². The maximum absolute atomic E-state index is 12.1. The van der Waals surface area contributed by atoms with Crippen molar-refractivity contribution in [2.24, 2.45) is 0 Å². The Kier molecular flexibility index (Phi) is 2.77. The van der Waals surface area contributed by atoms with E-state index in [1.807, 2.05) is 22.6 Å². The molecule has 1 aromatic heterocycles. The van der Waals surface area contributed by atoms with Gasteiger partial charge in [0.2, 0.25) is 0 Å². The number of pyridine rings is 1. The molecule has 0 fully saturated rings. The first-order valence-corrected chi connectivity index (χ1v) is 4.36. The number of nitrogens with one attached hydrogen (secondary N) is 1. The second kappa shape index (κ2) is 3.33. The molecule has 0 unspecified atom stereocenters. The van der Waals surface area contributed by atoms with Gasteiger partial charge in [0, 0.05) is 0 Å². The SMILES string of the molecule is FC(F)(F)c1ccc(I)[nH]c1=S. The smallest absolute Gasteiger partial charge is 0.341 e. The number of rotatable bonds is 0.